The van der Waals surface area contributed by atoms with Crippen LogP contribution in [0.3, 0.4) is 0 Å². The number of nitrogens with zero attached hydrogens (tertiary/aromatic N) is 3. The summed E-state index contributed by atoms with van der Waals surface area (Å²) in [5.41, 5.74) is 0.348. The summed E-state index contributed by atoms with van der Waals surface area (Å²) in [7, 11) is -3.54. The van der Waals surface area contributed by atoms with Gasteiger partial charge in [0.2, 0.25) is 15.2 Å². The number of sulfonamides is 1. The van der Waals surface area contributed by atoms with Crippen LogP contribution < -0.4 is 5.32 Å². The number of aromatic nitrogens is 2. The number of amides is 1. The Balaban J connectivity index is 2.08. The van der Waals surface area contributed by atoms with Gasteiger partial charge in [-0.15, -0.1) is 21.8 Å². The zero-order valence-electron chi connectivity index (χ0n) is 14.6. The molecule has 1 heterocycles. The van der Waals surface area contributed by atoms with Crippen LogP contribution in [0.4, 0.5) is 5.13 Å². The van der Waals surface area contributed by atoms with E-state index in [0.717, 1.165) is 17.8 Å². The molecular weight excluding hydrogens is 396 g/mol. The summed E-state index contributed by atoms with van der Waals surface area (Å²) >= 11 is 6.94. The summed E-state index contributed by atoms with van der Waals surface area (Å²) in [5.74, 6) is 0.182. The molecule has 0 unspecified atom stereocenters. The Bertz CT molecular complexity index is 833. The van der Waals surface area contributed by atoms with Crippen molar-refractivity contribution in [1.82, 2.24) is 14.5 Å². The number of benzene rings is 1. The van der Waals surface area contributed by atoms with Crippen molar-refractivity contribution in [3.05, 3.63) is 34.8 Å². The SMILES string of the molecule is CCN(CC)S(=O)(=O)c1ccc(C(=O)Nc2nnc(CCCCl)s2)cc1. The number of hydrogen-bond acceptors (Lipinski definition) is 6. The van der Waals surface area contributed by atoms with E-state index >= 15 is 0 Å². The van der Waals surface area contributed by atoms with Crippen LogP contribution in [0.2, 0.25) is 0 Å². The standard InChI is InChI=1S/C16H21ClN4O3S2/c1-3-21(4-2)26(23,24)13-9-7-12(8-10-13)15(22)18-16-20-19-14(25-16)6-5-11-17/h7-10H,3-6,11H2,1-2H3,(H,18,20,22). The lowest BCUT2D eigenvalue weighted by Crippen LogP contribution is -2.30. The van der Waals surface area contributed by atoms with E-state index in [9.17, 15) is 13.2 Å². The van der Waals surface area contributed by atoms with Crippen LogP contribution in [0.15, 0.2) is 29.2 Å². The molecule has 0 aliphatic carbocycles. The third kappa shape index (κ3) is 5.00. The molecule has 10 heteroatoms. The average molecular weight is 417 g/mol. The highest BCUT2D eigenvalue weighted by Gasteiger charge is 2.21. The Hall–Kier alpha value is -1.55. The fourth-order valence-electron chi connectivity index (χ4n) is 2.28. The number of alkyl halides is 1. The fourth-order valence-corrected chi connectivity index (χ4v) is 4.65. The van der Waals surface area contributed by atoms with Gasteiger partial charge < -0.3 is 0 Å². The van der Waals surface area contributed by atoms with E-state index in [2.05, 4.69) is 15.5 Å². The molecule has 0 aliphatic rings. The van der Waals surface area contributed by atoms with Gasteiger partial charge in [0.05, 0.1) is 4.90 Å². The molecule has 0 spiro atoms. The van der Waals surface area contributed by atoms with Crippen molar-refractivity contribution in [3.8, 4) is 0 Å². The van der Waals surface area contributed by atoms with E-state index in [-0.39, 0.29) is 10.8 Å². The Labute approximate surface area is 162 Å². The summed E-state index contributed by atoms with van der Waals surface area (Å²) < 4.78 is 26.3. The lowest BCUT2D eigenvalue weighted by Gasteiger charge is -2.18. The zero-order chi connectivity index (χ0) is 19.2. The maximum absolute atomic E-state index is 12.5. The van der Waals surface area contributed by atoms with E-state index < -0.39 is 10.0 Å². The second-order valence-corrected chi connectivity index (χ2v) is 8.74. The van der Waals surface area contributed by atoms with Crippen molar-refractivity contribution in [2.24, 2.45) is 0 Å². The molecule has 2 rings (SSSR count). The quantitative estimate of drug-likeness (QED) is 0.634. The lowest BCUT2D eigenvalue weighted by molar-refractivity contribution is 0.102. The number of nitrogens with one attached hydrogen (secondary N) is 1. The first-order valence-electron chi connectivity index (χ1n) is 8.22. The van der Waals surface area contributed by atoms with Crippen LogP contribution in [0, 0.1) is 0 Å². The molecule has 1 aromatic carbocycles. The van der Waals surface area contributed by atoms with E-state index in [1.54, 1.807) is 13.8 Å². The maximum atomic E-state index is 12.5. The van der Waals surface area contributed by atoms with Crippen LogP contribution >= 0.6 is 22.9 Å². The molecule has 0 fully saturated rings. The van der Waals surface area contributed by atoms with Gasteiger partial charge in [0.25, 0.3) is 5.91 Å². The summed E-state index contributed by atoms with van der Waals surface area (Å²) in [6.45, 7) is 4.35. The normalized spacial score (nSPS) is 11.7. The number of rotatable bonds is 9. The second-order valence-electron chi connectivity index (χ2n) is 5.36. The first kappa shape index (κ1) is 20.8. The van der Waals surface area contributed by atoms with E-state index in [4.69, 9.17) is 11.6 Å². The minimum absolute atomic E-state index is 0.164. The van der Waals surface area contributed by atoms with Crippen molar-refractivity contribution in [2.75, 3.05) is 24.3 Å². The predicted octanol–water partition coefficient (Wildman–Crippen LogP) is 2.99. The van der Waals surface area contributed by atoms with Gasteiger partial charge in [-0.1, -0.05) is 25.2 Å². The summed E-state index contributed by atoms with van der Waals surface area (Å²) in [6, 6.07) is 5.85. The molecule has 0 saturated carbocycles. The lowest BCUT2D eigenvalue weighted by atomic mass is 10.2. The van der Waals surface area contributed by atoms with Gasteiger partial charge in [-0.2, -0.15) is 4.31 Å². The van der Waals surface area contributed by atoms with Crippen molar-refractivity contribution < 1.29 is 13.2 Å². The van der Waals surface area contributed by atoms with Crippen molar-refractivity contribution in [3.63, 3.8) is 0 Å². The maximum Gasteiger partial charge on any atom is 0.257 e. The first-order valence-corrected chi connectivity index (χ1v) is 11.0. The first-order chi connectivity index (χ1) is 12.4. The van der Waals surface area contributed by atoms with Gasteiger partial charge in [-0.25, -0.2) is 8.42 Å². The Morgan fingerprint density at radius 3 is 2.42 bits per heavy atom. The largest absolute Gasteiger partial charge is 0.296 e. The molecule has 0 aliphatic heterocycles. The molecule has 0 saturated heterocycles. The van der Waals surface area contributed by atoms with Crippen molar-refractivity contribution in [1.29, 1.82) is 0 Å². The monoisotopic (exact) mass is 416 g/mol. The molecule has 0 bridgehead atoms. The molecular formula is C16H21ClN4O3S2. The van der Waals surface area contributed by atoms with Crippen molar-refractivity contribution >= 4 is 44.0 Å². The molecule has 7 nitrogen and oxygen atoms in total. The van der Waals surface area contributed by atoms with Crippen LogP contribution in [0.5, 0.6) is 0 Å². The van der Waals surface area contributed by atoms with Gasteiger partial charge in [0.1, 0.15) is 5.01 Å². The Morgan fingerprint density at radius 2 is 1.85 bits per heavy atom. The smallest absolute Gasteiger partial charge is 0.257 e. The summed E-state index contributed by atoms with van der Waals surface area (Å²) in [6.07, 6.45) is 1.52. The van der Waals surface area contributed by atoms with E-state index in [1.807, 2.05) is 0 Å². The molecule has 0 radical (unpaired) electrons. The highest BCUT2D eigenvalue weighted by Crippen LogP contribution is 2.19. The molecule has 1 amide bonds. The topological polar surface area (TPSA) is 92.3 Å². The minimum atomic E-state index is -3.54. The number of halogens is 1. The predicted molar refractivity (Wildman–Crippen MR) is 103 cm³/mol. The highest BCUT2D eigenvalue weighted by atomic mass is 35.5. The van der Waals surface area contributed by atoms with Crippen LogP contribution in [0.1, 0.15) is 35.6 Å². The van der Waals surface area contributed by atoms with Crippen LogP contribution in [-0.4, -0.2) is 47.8 Å². The average Bonchev–Trinajstić information content (AvgIpc) is 3.08. The van der Waals surface area contributed by atoms with Gasteiger partial charge in [-0.3, -0.25) is 10.1 Å². The Morgan fingerprint density at radius 1 is 1.19 bits per heavy atom. The number of carbonyl (C=O) groups excluding carboxylic acids is 1. The zero-order valence-corrected chi connectivity index (χ0v) is 17.0. The molecule has 2 aromatic rings. The summed E-state index contributed by atoms with van der Waals surface area (Å²) in [4.78, 5) is 12.5. The third-order valence-corrected chi connectivity index (χ3v) is 6.90. The number of hydrogen-bond donors (Lipinski definition) is 1. The fraction of sp³-hybridized carbons (Fsp3) is 0.438. The highest BCUT2D eigenvalue weighted by molar-refractivity contribution is 7.89. The van der Waals surface area contributed by atoms with E-state index in [1.165, 1.54) is 39.9 Å². The Kier molecular flexibility index (Phi) is 7.51. The van der Waals surface area contributed by atoms with Crippen molar-refractivity contribution in [2.45, 2.75) is 31.6 Å². The van der Waals surface area contributed by atoms with Gasteiger partial charge in [0.15, 0.2) is 0 Å². The number of carbonyl (C=O) groups is 1. The molecule has 142 valence electrons. The molecule has 0 atom stereocenters. The molecule has 1 N–H and O–H groups in total. The van der Waals surface area contributed by atoms with E-state index in [0.29, 0.717) is 29.7 Å². The third-order valence-electron chi connectivity index (χ3n) is 3.67. The number of anilines is 1. The van der Waals surface area contributed by atoms with Gasteiger partial charge in [0, 0.05) is 31.0 Å². The number of aryl methyl sites for hydroxylation is 1. The van der Waals surface area contributed by atoms with Crippen LogP contribution in [-0.2, 0) is 16.4 Å². The molecule has 26 heavy (non-hydrogen) atoms. The van der Waals surface area contributed by atoms with Gasteiger partial charge >= 0.3 is 0 Å². The second kappa shape index (κ2) is 9.40. The van der Waals surface area contributed by atoms with Gasteiger partial charge in [-0.05, 0) is 30.7 Å². The molecule has 1 aromatic heterocycles. The van der Waals surface area contributed by atoms with Crippen LogP contribution in [0.25, 0.3) is 0 Å². The summed E-state index contributed by atoms with van der Waals surface area (Å²) in [5, 5.41) is 11.8. The minimum Gasteiger partial charge on any atom is -0.296 e.